The second-order valence-electron chi connectivity index (χ2n) is 8.96. The van der Waals surface area contributed by atoms with Crippen molar-refractivity contribution in [2.45, 2.75) is 51.7 Å². The first kappa shape index (κ1) is 20.4. The van der Waals surface area contributed by atoms with E-state index in [9.17, 15) is 4.79 Å². The summed E-state index contributed by atoms with van der Waals surface area (Å²) >= 11 is 0. The molecular formula is C26H29NO4. The summed E-state index contributed by atoms with van der Waals surface area (Å²) in [6.45, 7) is 7.09. The van der Waals surface area contributed by atoms with Crippen LogP contribution in [0.4, 0.5) is 0 Å². The quantitative estimate of drug-likeness (QED) is 0.709. The molecule has 1 aromatic heterocycles. The first-order valence-corrected chi connectivity index (χ1v) is 11.3. The summed E-state index contributed by atoms with van der Waals surface area (Å²) in [5.41, 5.74) is 5.49. The molecule has 3 aliphatic rings. The molecule has 0 N–H and O–H groups in total. The van der Waals surface area contributed by atoms with Gasteiger partial charge in [-0.3, -0.25) is 4.79 Å². The van der Waals surface area contributed by atoms with E-state index in [2.05, 4.69) is 43.9 Å². The van der Waals surface area contributed by atoms with Gasteiger partial charge >= 0.3 is 0 Å². The molecule has 5 rings (SSSR count). The zero-order valence-electron chi connectivity index (χ0n) is 18.3. The zero-order chi connectivity index (χ0) is 21.4. The second kappa shape index (κ2) is 8.53. The van der Waals surface area contributed by atoms with E-state index in [0.29, 0.717) is 44.6 Å². The Kier molecular flexibility index (Phi) is 5.60. The smallest absolute Gasteiger partial charge is 0.254 e. The predicted octanol–water partition coefficient (Wildman–Crippen LogP) is 3.75. The highest BCUT2D eigenvalue weighted by Gasteiger charge is 2.26. The minimum atomic E-state index is -0.104. The Labute approximate surface area is 183 Å². The lowest BCUT2D eigenvalue weighted by atomic mass is 9.89. The molecule has 31 heavy (non-hydrogen) atoms. The molecule has 2 fully saturated rings. The van der Waals surface area contributed by atoms with Crippen molar-refractivity contribution in [1.82, 2.24) is 4.57 Å². The number of hydrogen-bond donors (Lipinski definition) is 0. The molecule has 5 heteroatoms. The van der Waals surface area contributed by atoms with Crippen molar-refractivity contribution in [3.05, 3.63) is 51.3 Å². The van der Waals surface area contributed by atoms with Crippen molar-refractivity contribution < 1.29 is 14.2 Å². The van der Waals surface area contributed by atoms with Crippen LogP contribution in [0, 0.1) is 17.8 Å². The summed E-state index contributed by atoms with van der Waals surface area (Å²) in [4.78, 5) is 13.0. The molecule has 1 saturated heterocycles. The van der Waals surface area contributed by atoms with Crippen LogP contribution in [0.1, 0.15) is 49.3 Å². The number of fused-ring (bicyclic) bond motifs is 3. The van der Waals surface area contributed by atoms with Gasteiger partial charge in [0.1, 0.15) is 18.5 Å². The lowest BCUT2D eigenvalue weighted by Crippen LogP contribution is -2.34. The van der Waals surface area contributed by atoms with E-state index in [4.69, 9.17) is 14.2 Å². The van der Waals surface area contributed by atoms with Crippen LogP contribution >= 0.6 is 0 Å². The predicted molar refractivity (Wildman–Crippen MR) is 120 cm³/mol. The van der Waals surface area contributed by atoms with Gasteiger partial charge in [0.15, 0.2) is 0 Å². The number of rotatable bonds is 4. The van der Waals surface area contributed by atoms with Gasteiger partial charge in [-0.05, 0) is 42.9 Å². The van der Waals surface area contributed by atoms with Crippen molar-refractivity contribution in [3.63, 3.8) is 0 Å². The fourth-order valence-electron chi connectivity index (χ4n) is 4.40. The van der Waals surface area contributed by atoms with Gasteiger partial charge in [-0.2, -0.15) is 0 Å². The third kappa shape index (κ3) is 4.28. The van der Waals surface area contributed by atoms with Gasteiger partial charge in [-0.25, -0.2) is 0 Å². The van der Waals surface area contributed by atoms with Crippen LogP contribution in [0.15, 0.2) is 29.1 Å². The zero-order valence-corrected chi connectivity index (χ0v) is 18.3. The van der Waals surface area contributed by atoms with Crippen LogP contribution in [-0.4, -0.2) is 37.1 Å². The Morgan fingerprint density at radius 3 is 2.84 bits per heavy atom. The van der Waals surface area contributed by atoms with Crippen LogP contribution in [-0.2, 0) is 22.4 Å². The van der Waals surface area contributed by atoms with E-state index in [1.807, 2.05) is 4.57 Å². The molecule has 1 atom stereocenters. The lowest BCUT2D eigenvalue weighted by molar-refractivity contribution is -0.101. The van der Waals surface area contributed by atoms with E-state index in [-0.39, 0.29) is 17.6 Å². The van der Waals surface area contributed by atoms with Crippen molar-refractivity contribution in [3.8, 4) is 28.8 Å². The van der Waals surface area contributed by atoms with Gasteiger partial charge in [0.2, 0.25) is 0 Å². The highest BCUT2D eigenvalue weighted by atomic mass is 16.6. The summed E-state index contributed by atoms with van der Waals surface area (Å²) in [7, 11) is 0. The van der Waals surface area contributed by atoms with Crippen molar-refractivity contribution >= 4 is 0 Å². The maximum atomic E-state index is 13.0. The summed E-state index contributed by atoms with van der Waals surface area (Å²) in [6.07, 6.45) is 3.19. The molecular weight excluding hydrogens is 390 g/mol. The highest BCUT2D eigenvalue weighted by Crippen LogP contribution is 2.39. The van der Waals surface area contributed by atoms with Gasteiger partial charge < -0.3 is 18.8 Å². The number of hydrogen-bond acceptors (Lipinski definition) is 4. The standard InChI is InChI=1S/C26H29NO4/c1-17(2)25-23(31-16-21-15-29-11-12-30-21)14-24(28)27-10-9-20-13-19(6-5-18-3-4-18)7-8-22(20)26(25)27/h7-8,13-14,17-18,21H,3-4,9-12,15-16H2,1-2H3/t21-/m0/s1. The summed E-state index contributed by atoms with van der Waals surface area (Å²) < 4.78 is 19.2. The van der Waals surface area contributed by atoms with Gasteiger partial charge in [-0.15, -0.1) is 0 Å². The molecule has 0 bridgehead atoms. The molecule has 3 heterocycles. The second-order valence-corrected chi connectivity index (χ2v) is 8.96. The van der Waals surface area contributed by atoms with Crippen LogP contribution in [0.2, 0.25) is 0 Å². The van der Waals surface area contributed by atoms with Gasteiger partial charge in [0, 0.05) is 35.2 Å². The maximum Gasteiger partial charge on any atom is 0.254 e. The molecule has 2 aromatic rings. The fraction of sp³-hybridized carbons (Fsp3) is 0.500. The fourth-order valence-corrected chi connectivity index (χ4v) is 4.40. The van der Waals surface area contributed by atoms with Gasteiger partial charge in [0.05, 0.1) is 25.5 Å². The van der Waals surface area contributed by atoms with Gasteiger partial charge in [-0.1, -0.05) is 31.8 Å². The highest BCUT2D eigenvalue weighted by molar-refractivity contribution is 5.73. The maximum absolute atomic E-state index is 13.0. The van der Waals surface area contributed by atoms with Crippen LogP contribution < -0.4 is 10.3 Å². The number of benzene rings is 1. The molecule has 5 nitrogen and oxygen atoms in total. The summed E-state index contributed by atoms with van der Waals surface area (Å²) in [6, 6.07) is 8.05. The average molecular weight is 420 g/mol. The Morgan fingerprint density at radius 2 is 2.10 bits per heavy atom. The first-order chi connectivity index (χ1) is 15.1. The molecule has 2 aliphatic heterocycles. The van der Waals surface area contributed by atoms with Crippen LogP contribution in [0.5, 0.6) is 5.75 Å². The minimum absolute atomic E-state index is 0.0153. The third-order valence-corrected chi connectivity index (χ3v) is 6.16. The molecule has 1 aliphatic carbocycles. The normalized spacial score (nSPS) is 19.9. The Morgan fingerprint density at radius 1 is 1.23 bits per heavy atom. The van der Waals surface area contributed by atoms with Crippen LogP contribution in [0.3, 0.4) is 0 Å². The molecule has 1 aromatic carbocycles. The number of pyridine rings is 1. The Balaban J connectivity index is 1.52. The molecule has 1 saturated carbocycles. The molecule has 0 spiro atoms. The number of nitrogens with zero attached hydrogens (tertiary/aromatic N) is 1. The lowest BCUT2D eigenvalue weighted by Gasteiger charge is -2.29. The monoisotopic (exact) mass is 419 g/mol. The van der Waals surface area contributed by atoms with Crippen molar-refractivity contribution in [1.29, 1.82) is 0 Å². The number of ether oxygens (including phenoxy) is 3. The van der Waals surface area contributed by atoms with E-state index in [1.54, 1.807) is 6.07 Å². The SMILES string of the molecule is CC(C)c1c(OC[C@@H]2COCCO2)cc(=O)n2c1-c1ccc(C#CC3CC3)cc1CC2. The van der Waals surface area contributed by atoms with E-state index in [1.165, 1.54) is 18.4 Å². The molecule has 0 amide bonds. The van der Waals surface area contributed by atoms with E-state index >= 15 is 0 Å². The minimum Gasteiger partial charge on any atom is -0.490 e. The summed E-state index contributed by atoms with van der Waals surface area (Å²) in [5.74, 6) is 8.13. The largest absolute Gasteiger partial charge is 0.490 e. The molecule has 0 unspecified atom stereocenters. The first-order valence-electron chi connectivity index (χ1n) is 11.3. The Bertz CT molecular complexity index is 1090. The van der Waals surface area contributed by atoms with Crippen molar-refractivity contribution in [2.75, 3.05) is 26.4 Å². The average Bonchev–Trinajstić information content (AvgIpc) is 3.61. The van der Waals surface area contributed by atoms with E-state index in [0.717, 1.165) is 28.8 Å². The van der Waals surface area contributed by atoms with Crippen LogP contribution in [0.25, 0.3) is 11.3 Å². The third-order valence-electron chi connectivity index (χ3n) is 6.16. The number of aromatic nitrogens is 1. The summed E-state index contributed by atoms with van der Waals surface area (Å²) in [5, 5.41) is 0. The topological polar surface area (TPSA) is 49.7 Å². The molecule has 162 valence electrons. The van der Waals surface area contributed by atoms with E-state index < -0.39 is 0 Å². The van der Waals surface area contributed by atoms with Gasteiger partial charge in [0.25, 0.3) is 5.56 Å². The Hall–Kier alpha value is -2.55. The molecule has 0 radical (unpaired) electrons. The number of aryl methyl sites for hydroxylation is 1. The van der Waals surface area contributed by atoms with Crippen molar-refractivity contribution in [2.24, 2.45) is 5.92 Å².